The number of fused-ring (bicyclic) bond motifs is 1. The number of rotatable bonds is 8. The maximum Gasteiger partial charge on any atom is 0.320 e. The monoisotopic (exact) mass is 386 g/mol. The average molecular weight is 386 g/mol. The molecule has 28 heavy (non-hydrogen) atoms. The number of methoxy groups -OCH3 is 1. The molecule has 3 aromatic rings. The highest BCUT2D eigenvalue weighted by Gasteiger charge is 2.15. The van der Waals surface area contributed by atoms with E-state index in [1.807, 2.05) is 0 Å². The minimum atomic E-state index is -1.09. The number of nitrogens with zero attached hydrogens (tertiary/aromatic N) is 1. The van der Waals surface area contributed by atoms with Gasteiger partial charge in [-0.2, -0.15) is 0 Å². The smallest absolute Gasteiger partial charge is 0.320 e. The Labute approximate surface area is 160 Å². The van der Waals surface area contributed by atoms with Crippen LogP contribution in [-0.2, 0) is 4.79 Å². The summed E-state index contributed by atoms with van der Waals surface area (Å²) in [5.41, 5.74) is 6.06. The number of carboxylic acid groups (broad SMARTS) is 1. The van der Waals surface area contributed by atoms with Crippen molar-refractivity contribution >= 4 is 16.9 Å². The lowest BCUT2D eigenvalue weighted by Gasteiger charge is -2.14. The SMILES string of the molecule is COc1cc2c(Oc3cccc(F)c3)ccnc2cc1OCC[C@H](N)C(=O)O. The first-order valence-electron chi connectivity index (χ1n) is 8.49. The zero-order valence-electron chi connectivity index (χ0n) is 15.1. The fraction of sp³-hybridized carbons (Fsp3) is 0.200. The number of carboxylic acids is 1. The van der Waals surface area contributed by atoms with Gasteiger partial charge in [0.2, 0.25) is 0 Å². The summed E-state index contributed by atoms with van der Waals surface area (Å²) in [5.74, 6) is 0.179. The van der Waals surface area contributed by atoms with Gasteiger partial charge in [0.05, 0.1) is 19.2 Å². The average Bonchev–Trinajstić information content (AvgIpc) is 2.67. The largest absolute Gasteiger partial charge is 0.493 e. The van der Waals surface area contributed by atoms with Crippen molar-refractivity contribution < 1.29 is 28.5 Å². The molecule has 0 saturated heterocycles. The van der Waals surface area contributed by atoms with Crippen molar-refractivity contribution in [1.82, 2.24) is 4.98 Å². The summed E-state index contributed by atoms with van der Waals surface area (Å²) in [5, 5.41) is 9.49. The van der Waals surface area contributed by atoms with E-state index < -0.39 is 17.8 Å². The van der Waals surface area contributed by atoms with Crippen molar-refractivity contribution in [3.63, 3.8) is 0 Å². The molecule has 0 aliphatic heterocycles. The second-order valence-electron chi connectivity index (χ2n) is 5.97. The van der Waals surface area contributed by atoms with E-state index in [4.69, 9.17) is 25.1 Å². The molecule has 7 nitrogen and oxygen atoms in total. The van der Waals surface area contributed by atoms with Crippen molar-refractivity contribution in [2.24, 2.45) is 5.73 Å². The van der Waals surface area contributed by atoms with Gasteiger partial charge in [-0.25, -0.2) is 4.39 Å². The van der Waals surface area contributed by atoms with E-state index in [1.54, 1.807) is 36.5 Å². The van der Waals surface area contributed by atoms with Crippen LogP contribution in [0.4, 0.5) is 4.39 Å². The Morgan fingerprint density at radius 2 is 2.04 bits per heavy atom. The van der Waals surface area contributed by atoms with E-state index in [2.05, 4.69) is 4.98 Å². The fourth-order valence-corrected chi connectivity index (χ4v) is 2.57. The van der Waals surface area contributed by atoms with Gasteiger partial charge in [-0.05, 0) is 24.3 Å². The van der Waals surface area contributed by atoms with Crippen molar-refractivity contribution in [2.45, 2.75) is 12.5 Å². The minimum absolute atomic E-state index is 0.106. The van der Waals surface area contributed by atoms with Crippen LogP contribution in [0.3, 0.4) is 0 Å². The molecule has 0 spiro atoms. The van der Waals surface area contributed by atoms with Gasteiger partial charge < -0.3 is 25.1 Å². The molecule has 3 N–H and O–H groups in total. The number of nitrogens with two attached hydrogens (primary N) is 1. The van der Waals surface area contributed by atoms with Crippen LogP contribution in [-0.4, -0.2) is 35.8 Å². The Kier molecular flexibility index (Phi) is 5.90. The van der Waals surface area contributed by atoms with E-state index in [0.29, 0.717) is 33.9 Å². The predicted molar refractivity (Wildman–Crippen MR) is 100 cm³/mol. The van der Waals surface area contributed by atoms with Crippen LogP contribution in [0.5, 0.6) is 23.0 Å². The van der Waals surface area contributed by atoms with Gasteiger partial charge in [0, 0.05) is 30.1 Å². The molecule has 0 aliphatic rings. The summed E-state index contributed by atoms with van der Waals surface area (Å²) in [6.45, 7) is 0.106. The first kappa shape index (κ1) is 19.4. The highest BCUT2D eigenvalue weighted by molar-refractivity contribution is 5.88. The summed E-state index contributed by atoms with van der Waals surface area (Å²) in [6, 6.07) is 9.85. The Balaban J connectivity index is 1.87. The van der Waals surface area contributed by atoms with Gasteiger partial charge in [-0.15, -0.1) is 0 Å². The van der Waals surface area contributed by atoms with E-state index >= 15 is 0 Å². The van der Waals surface area contributed by atoms with Crippen LogP contribution in [0, 0.1) is 5.82 Å². The summed E-state index contributed by atoms with van der Waals surface area (Å²) >= 11 is 0. The second-order valence-corrected chi connectivity index (χ2v) is 5.97. The van der Waals surface area contributed by atoms with Gasteiger partial charge in [0.1, 0.15) is 23.4 Å². The molecule has 0 aliphatic carbocycles. The molecule has 0 bridgehead atoms. The van der Waals surface area contributed by atoms with E-state index in [1.165, 1.54) is 19.2 Å². The summed E-state index contributed by atoms with van der Waals surface area (Å²) in [4.78, 5) is 15.1. The van der Waals surface area contributed by atoms with Gasteiger partial charge in [0.15, 0.2) is 11.5 Å². The topological polar surface area (TPSA) is 104 Å². The number of aliphatic carboxylic acids is 1. The molecule has 2 aromatic carbocycles. The zero-order valence-corrected chi connectivity index (χ0v) is 15.1. The standard InChI is InChI=1S/C20H19FN2O5/c1-26-18-10-14-16(11-19(18)27-8-6-15(22)20(24)25)23-7-5-17(14)28-13-4-2-3-12(21)9-13/h2-5,7,9-11,15H,6,8,22H2,1H3,(H,24,25)/t15-/m0/s1. The molecule has 1 heterocycles. The molecule has 0 amide bonds. The number of ether oxygens (including phenoxy) is 3. The third kappa shape index (κ3) is 4.47. The number of carbonyl (C=O) groups is 1. The molecular formula is C20H19FN2O5. The van der Waals surface area contributed by atoms with Crippen LogP contribution in [0.2, 0.25) is 0 Å². The molecule has 0 saturated carbocycles. The lowest BCUT2D eigenvalue weighted by atomic mass is 10.1. The Bertz CT molecular complexity index is 995. The van der Waals surface area contributed by atoms with Crippen LogP contribution in [0.15, 0.2) is 48.7 Å². The van der Waals surface area contributed by atoms with Crippen molar-refractivity contribution in [1.29, 1.82) is 0 Å². The van der Waals surface area contributed by atoms with E-state index in [-0.39, 0.29) is 13.0 Å². The van der Waals surface area contributed by atoms with E-state index in [0.717, 1.165) is 0 Å². The minimum Gasteiger partial charge on any atom is -0.493 e. The van der Waals surface area contributed by atoms with Crippen LogP contribution in [0.1, 0.15) is 6.42 Å². The predicted octanol–water partition coefficient (Wildman–Crippen LogP) is 3.36. The number of pyridine rings is 1. The second kappa shape index (κ2) is 8.53. The highest BCUT2D eigenvalue weighted by Crippen LogP contribution is 2.37. The maximum absolute atomic E-state index is 13.4. The number of halogens is 1. The quantitative estimate of drug-likeness (QED) is 0.612. The summed E-state index contributed by atoms with van der Waals surface area (Å²) in [7, 11) is 1.49. The molecule has 0 unspecified atom stereocenters. The number of hydrogen-bond acceptors (Lipinski definition) is 6. The number of aromatic nitrogens is 1. The highest BCUT2D eigenvalue weighted by atomic mass is 19.1. The van der Waals surface area contributed by atoms with Crippen molar-refractivity contribution in [2.75, 3.05) is 13.7 Å². The molecule has 8 heteroatoms. The number of benzene rings is 2. The van der Waals surface area contributed by atoms with Crippen LogP contribution >= 0.6 is 0 Å². The van der Waals surface area contributed by atoms with Gasteiger partial charge in [-0.1, -0.05) is 6.07 Å². The Morgan fingerprint density at radius 3 is 2.75 bits per heavy atom. The first-order chi connectivity index (χ1) is 13.5. The molecule has 1 aromatic heterocycles. The van der Waals surface area contributed by atoms with Gasteiger partial charge in [0.25, 0.3) is 0 Å². The lowest BCUT2D eigenvalue weighted by molar-refractivity contribution is -0.138. The van der Waals surface area contributed by atoms with E-state index in [9.17, 15) is 9.18 Å². The van der Waals surface area contributed by atoms with Gasteiger partial charge >= 0.3 is 5.97 Å². The normalized spacial score (nSPS) is 11.8. The van der Waals surface area contributed by atoms with Crippen molar-refractivity contribution in [3.05, 3.63) is 54.5 Å². The molecule has 0 fully saturated rings. The molecule has 146 valence electrons. The van der Waals surface area contributed by atoms with Gasteiger partial charge in [-0.3, -0.25) is 9.78 Å². The zero-order chi connectivity index (χ0) is 20.1. The summed E-state index contributed by atoms with van der Waals surface area (Å²) in [6.07, 6.45) is 1.71. The molecule has 3 rings (SSSR count). The third-order valence-electron chi connectivity index (χ3n) is 4.01. The Hall–Kier alpha value is -3.39. The molecule has 0 radical (unpaired) electrons. The molecular weight excluding hydrogens is 367 g/mol. The fourth-order valence-electron chi connectivity index (χ4n) is 2.57. The Morgan fingerprint density at radius 1 is 1.21 bits per heavy atom. The lowest BCUT2D eigenvalue weighted by Crippen LogP contribution is -2.31. The van der Waals surface area contributed by atoms with Crippen LogP contribution in [0.25, 0.3) is 10.9 Å². The third-order valence-corrected chi connectivity index (χ3v) is 4.01. The first-order valence-corrected chi connectivity index (χ1v) is 8.49. The number of hydrogen-bond donors (Lipinski definition) is 2. The maximum atomic E-state index is 13.4. The van der Waals surface area contributed by atoms with Crippen LogP contribution < -0.4 is 19.9 Å². The van der Waals surface area contributed by atoms with Crippen molar-refractivity contribution in [3.8, 4) is 23.0 Å². The summed E-state index contributed by atoms with van der Waals surface area (Å²) < 4.78 is 30.2. The molecule has 1 atom stereocenters.